The summed E-state index contributed by atoms with van der Waals surface area (Å²) in [7, 11) is 3.02. The van der Waals surface area contributed by atoms with E-state index in [0.717, 1.165) is 28.7 Å². The fourth-order valence-corrected chi connectivity index (χ4v) is 6.58. The van der Waals surface area contributed by atoms with E-state index in [0.29, 0.717) is 5.57 Å². The second-order valence-corrected chi connectivity index (χ2v) is 13.4. The second kappa shape index (κ2) is 16.7. The van der Waals surface area contributed by atoms with Crippen molar-refractivity contribution in [3.05, 3.63) is 71.3 Å². The van der Waals surface area contributed by atoms with Crippen LogP contribution in [0.2, 0.25) is 0 Å². The van der Waals surface area contributed by atoms with Gasteiger partial charge in [0.15, 0.2) is 5.78 Å². The van der Waals surface area contributed by atoms with Gasteiger partial charge in [-0.2, -0.15) is 0 Å². The summed E-state index contributed by atoms with van der Waals surface area (Å²) in [5, 5.41) is 12.3. The molecular weight excluding hydrogens is 596 g/mol. The van der Waals surface area contributed by atoms with Crippen LogP contribution in [0.1, 0.15) is 78.4 Å². The van der Waals surface area contributed by atoms with Crippen LogP contribution in [0.5, 0.6) is 0 Å². The van der Waals surface area contributed by atoms with Gasteiger partial charge in [-0.1, -0.05) is 103 Å². The lowest BCUT2D eigenvalue weighted by atomic mass is 9.82. The van der Waals surface area contributed by atoms with E-state index < -0.39 is 36.2 Å². The summed E-state index contributed by atoms with van der Waals surface area (Å²) in [6.07, 6.45) is 1.15. The molecule has 0 bridgehead atoms. The first-order valence-corrected chi connectivity index (χ1v) is 16.6. The number of carbonyl (C=O) groups is 4. The molecule has 256 valence electrons. The highest BCUT2D eigenvalue weighted by molar-refractivity contribution is 6.01. The number of benzene rings is 2. The van der Waals surface area contributed by atoms with E-state index in [2.05, 4.69) is 17.4 Å². The normalized spacial score (nSPS) is 16.1. The van der Waals surface area contributed by atoms with Crippen LogP contribution in [0.3, 0.4) is 0 Å². The number of fused-ring (bicyclic) bond motifs is 3. The van der Waals surface area contributed by atoms with Crippen molar-refractivity contribution in [2.24, 2.45) is 23.7 Å². The van der Waals surface area contributed by atoms with Gasteiger partial charge in [-0.25, -0.2) is 4.79 Å². The van der Waals surface area contributed by atoms with E-state index >= 15 is 0 Å². The number of likely N-dealkylation sites (N-methyl/N-ethyl adjacent to an activating group) is 1. The molecule has 0 aliphatic heterocycles. The SMILES string of the molecule is CC[C@H](C)C(/C=C(\C)C(=O)[C@@H](NC(=O)[C@H](C(C)C)N(C)C(=O)OCC1c2ccccc2-c2ccccc21)C(C)C)[C@@H](CC(=O)O)OC. The zero-order valence-electron chi connectivity index (χ0n) is 29.3. The Labute approximate surface area is 279 Å². The molecule has 47 heavy (non-hydrogen) atoms. The summed E-state index contributed by atoms with van der Waals surface area (Å²) in [5.74, 6) is -2.57. The van der Waals surface area contributed by atoms with Crippen LogP contribution in [-0.2, 0) is 23.9 Å². The molecule has 1 unspecified atom stereocenters. The number of carboxylic acid groups (broad SMARTS) is 1. The van der Waals surface area contributed by atoms with Crippen LogP contribution < -0.4 is 5.32 Å². The Morgan fingerprint density at radius 2 is 1.49 bits per heavy atom. The van der Waals surface area contributed by atoms with Gasteiger partial charge in [0.2, 0.25) is 5.91 Å². The number of methoxy groups -OCH3 is 1. The summed E-state index contributed by atoms with van der Waals surface area (Å²) < 4.78 is 11.4. The summed E-state index contributed by atoms with van der Waals surface area (Å²) in [5.41, 5.74) is 4.87. The Bertz CT molecular complexity index is 1400. The van der Waals surface area contributed by atoms with Crippen LogP contribution in [0.25, 0.3) is 11.1 Å². The van der Waals surface area contributed by atoms with Crippen LogP contribution >= 0.6 is 0 Å². The molecule has 3 rings (SSSR count). The zero-order valence-corrected chi connectivity index (χ0v) is 29.3. The standard InChI is InChI=1S/C38H52N2O7/c1-10-24(6)30(32(46-9)20-33(41)42)19-25(7)36(43)34(22(2)3)39-37(44)35(23(4)5)40(8)38(45)47-21-31-28-17-13-11-15-26(28)27-16-12-14-18-29(27)31/h11-19,22-24,30-32,34-35H,10,20-21H2,1-9H3,(H,39,44)(H,41,42)/b25-19+/t24-,30?,32+,34-,35-/m0/s1. The van der Waals surface area contributed by atoms with Gasteiger partial charge < -0.3 is 19.9 Å². The molecule has 2 amide bonds. The maximum absolute atomic E-state index is 13.8. The molecule has 2 aromatic carbocycles. The minimum Gasteiger partial charge on any atom is -0.481 e. The Hall–Kier alpha value is -3.98. The van der Waals surface area contributed by atoms with Crippen LogP contribution in [0.15, 0.2) is 60.2 Å². The predicted octanol–water partition coefficient (Wildman–Crippen LogP) is 6.70. The van der Waals surface area contributed by atoms with E-state index in [9.17, 15) is 24.3 Å². The number of hydrogen-bond donors (Lipinski definition) is 2. The maximum Gasteiger partial charge on any atom is 0.410 e. The van der Waals surface area contributed by atoms with Gasteiger partial charge in [0.05, 0.1) is 18.6 Å². The van der Waals surface area contributed by atoms with E-state index in [4.69, 9.17) is 9.47 Å². The average Bonchev–Trinajstić information content (AvgIpc) is 3.36. The quantitative estimate of drug-likeness (QED) is 0.194. The first kappa shape index (κ1) is 37.5. The van der Waals surface area contributed by atoms with Gasteiger partial charge in [-0.3, -0.25) is 19.3 Å². The smallest absolute Gasteiger partial charge is 0.410 e. The van der Waals surface area contributed by atoms with E-state index in [-0.39, 0.29) is 48.4 Å². The van der Waals surface area contributed by atoms with Crippen molar-refractivity contribution in [2.45, 2.75) is 85.4 Å². The molecule has 1 aliphatic rings. The van der Waals surface area contributed by atoms with Crippen LogP contribution in [-0.4, -0.2) is 72.7 Å². The minimum atomic E-state index is -0.977. The predicted molar refractivity (Wildman–Crippen MR) is 183 cm³/mol. The Balaban J connectivity index is 1.76. The Morgan fingerprint density at radius 1 is 0.936 bits per heavy atom. The van der Waals surface area contributed by atoms with E-state index in [1.807, 2.05) is 77.9 Å². The number of hydrogen-bond acceptors (Lipinski definition) is 6. The molecule has 0 saturated carbocycles. The average molecular weight is 649 g/mol. The van der Waals surface area contributed by atoms with Gasteiger partial charge in [0, 0.05) is 26.0 Å². The first-order chi connectivity index (χ1) is 22.2. The number of ether oxygens (including phenoxy) is 2. The van der Waals surface area contributed by atoms with E-state index in [1.165, 1.54) is 12.0 Å². The van der Waals surface area contributed by atoms with Crippen molar-refractivity contribution in [1.29, 1.82) is 0 Å². The molecule has 9 heteroatoms. The summed E-state index contributed by atoms with van der Waals surface area (Å²) in [6.45, 7) is 13.2. The van der Waals surface area contributed by atoms with Crippen molar-refractivity contribution >= 4 is 23.8 Å². The molecule has 1 aliphatic carbocycles. The van der Waals surface area contributed by atoms with Crippen molar-refractivity contribution in [2.75, 3.05) is 20.8 Å². The fraction of sp³-hybridized carbons (Fsp3) is 0.526. The molecule has 0 saturated heterocycles. The maximum atomic E-state index is 13.8. The van der Waals surface area contributed by atoms with Gasteiger partial charge in [0.25, 0.3) is 0 Å². The molecule has 0 radical (unpaired) electrons. The van der Waals surface area contributed by atoms with Gasteiger partial charge in [-0.05, 0) is 52.5 Å². The highest BCUT2D eigenvalue weighted by atomic mass is 16.6. The number of aliphatic carboxylic acids is 1. The largest absolute Gasteiger partial charge is 0.481 e. The number of Topliss-reactive ketones (excluding diaryl/α,β-unsaturated/α-hetero) is 1. The van der Waals surface area contributed by atoms with Crippen LogP contribution in [0.4, 0.5) is 4.79 Å². The first-order valence-electron chi connectivity index (χ1n) is 16.6. The molecule has 0 spiro atoms. The number of ketones is 1. The lowest BCUT2D eigenvalue weighted by Gasteiger charge is -2.32. The van der Waals surface area contributed by atoms with E-state index in [1.54, 1.807) is 20.0 Å². The van der Waals surface area contributed by atoms with Crippen LogP contribution in [0, 0.1) is 23.7 Å². The molecule has 2 N–H and O–H groups in total. The monoisotopic (exact) mass is 648 g/mol. The number of amides is 2. The Morgan fingerprint density at radius 3 is 1.96 bits per heavy atom. The Kier molecular flexibility index (Phi) is 13.3. The highest BCUT2D eigenvalue weighted by Gasteiger charge is 2.36. The number of carbonyl (C=O) groups excluding carboxylic acids is 3. The van der Waals surface area contributed by atoms with Crippen molar-refractivity contribution < 1.29 is 33.8 Å². The molecule has 0 fully saturated rings. The third-order valence-corrected chi connectivity index (χ3v) is 9.43. The van der Waals surface area contributed by atoms with Gasteiger partial charge in [0.1, 0.15) is 12.6 Å². The number of nitrogens with zero attached hydrogens (tertiary/aromatic N) is 1. The lowest BCUT2D eigenvalue weighted by molar-refractivity contribution is -0.140. The molecular formula is C38H52N2O7. The van der Waals surface area contributed by atoms with Gasteiger partial charge in [-0.15, -0.1) is 0 Å². The number of rotatable bonds is 16. The second-order valence-electron chi connectivity index (χ2n) is 13.4. The highest BCUT2D eigenvalue weighted by Crippen LogP contribution is 2.44. The minimum absolute atomic E-state index is 0.0605. The molecule has 0 heterocycles. The molecule has 5 atom stereocenters. The zero-order chi connectivity index (χ0) is 35.0. The topological polar surface area (TPSA) is 122 Å². The number of carboxylic acids is 1. The van der Waals surface area contributed by atoms with Gasteiger partial charge >= 0.3 is 12.1 Å². The molecule has 9 nitrogen and oxygen atoms in total. The summed E-state index contributed by atoms with van der Waals surface area (Å²) >= 11 is 0. The van der Waals surface area contributed by atoms with Crippen molar-refractivity contribution in [1.82, 2.24) is 10.2 Å². The summed E-state index contributed by atoms with van der Waals surface area (Å²) in [6, 6.07) is 14.4. The third-order valence-electron chi connectivity index (χ3n) is 9.43. The number of nitrogens with one attached hydrogen (secondary N) is 1. The lowest BCUT2D eigenvalue weighted by Crippen LogP contribution is -2.55. The van der Waals surface area contributed by atoms with Crippen molar-refractivity contribution in [3.8, 4) is 11.1 Å². The van der Waals surface area contributed by atoms with Crippen molar-refractivity contribution in [3.63, 3.8) is 0 Å². The fourth-order valence-electron chi connectivity index (χ4n) is 6.58. The molecule has 2 aromatic rings. The third kappa shape index (κ3) is 8.89. The summed E-state index contributed by atoms with van der Waals surface area (Å²) in [4.78, 5) is 53.8. The molecule has 0 aromatic heterocycles.